The minimum absolute atomic E-state index is 0.00328. The van der Waals surface area contributed by atoms with Gasteiger partial charge in [-0.1, -0.05) is 30.3 Å². The molecule has 1 aliphatic heterocycles. The molecule has 2 rings (SSSR count). The lowest BCUT2D eigenvalue weighted by molar-refractivity contribution is -0.147. The van der Waals surface area contributed by atoms with Gasteiger partial charge in [-0.25, -0.2) is 9.59 Å². The van der Waals surface area contributed by atoms with Crippen LogP contribution in [-0.4, -0.2) is 83.9 Å². The van der Waals surface area contributed by atoms with Crippen molar-refractivity contribution in [3.05, 3.63) is 35.9 Å². The summed E-state index contributed by atoms with van der Waals surface area (Å²) in [6.45, 7) is 4.04. The first-order valence-corrected chi connectivity index (χ1v) is 12.6. The fourth-order valence-corrected chi connectivity index (χ4v) is 3.85. The molecular formula is C23H32N4O6S2. The Labute approximate surface area is 216 Å². The number of nitrogens with zero attached hydrogens (tertiary/aromatic N) is 2. The number of benzene rings is 1. The lowest BCUT2D eigenvalue weighted by Crippen LogP contribution is -2.51. The molecular weight excluding hydrogens is 492 g/mol. The number of carbonyl (C=O) groups excluding carboxylic acids is 4. The second-order valence-corrected chi connectivity index (χ2v) is 8.35. The third-order valence-electron chi connectivity index (χ3n) is 5.16. The molecule has 0 fully saturated rings. The van der Waals surface area contributed by atoms with Crippen molar-refractivity contribution < 1.29 is 28.7 Å². The van der Waals surface area contributed by atoms with Crippen molar-refractivity contribution in [2.24, 2.45) is 5.10 Å². The van der Waals surface area contributed by atoms with Crippen molar-refractivity contribution >= 4 is 54.7 Å². The predicted octanol–water partition coefficient (Wildman–Crippen LogP) is 0.615. The number of rotatable bonds is 13. The van der Waals surface area contributed by atoms with E-state index < -0.39 is 41.9 Å². The standard InChI is InChI=1S/C23H32N4O6S2/c1-3-32-22(30)17(13-34)24-20(28)16-12-19(21(29)25-18(14-35)23(31)33-4-2)27(26-16)11-10-15-8-6-5-7-9-15/h5-9,17-19,34-35H,3-4,10-14H2,1-2H3,(H,24,28)(H,25,29). The number of amides is 2. The molecule has 0 spiro atoms. The highest BCUT2D eigenvalue weighted by atomic mass is 32.1. The van der Waals surface area contributed by atoms with Gasteiger partial charge in [-0.15, -0.1) is 0 Å². The largest absolute Gasteiger partial charge is 0.464 e. The molecule has 1 aromatic carbocycles. The smallest absolute Gasteiger partial charge is 0.329 e. The minimum atomic E-state index is -0.948. The number of ether oxygens (including phenoxy) is 2. The number of hydrogen-bond donors (Lipinski definition) is 4. The van der Waals surface area contributed by atoms with E-state index >= 15 is 0 Å². The summed E-state index contributed by atoms with van der Waals surface area (Å²) in [6.07, 6.45) is 0.579. The van der Waals surface area contributed by atoms with Crippen LogP contribution in [0.15, 0.2) is 35.4 Å². The Morgan fingerprint density at radius 2 is 1.57 bits per heavy atom. The Bertz CT molecular complexity index is 915. The predicted molar refractivity (Wildman–Crippen MR) is 138 cm³/mol. The molecule has 1 aliphatic rings. The fourth-order valence-electron chi connectivity index (χ4n) is 3.37. The van der Waals surface area contributed by atoms with Crippen molar-refractivity contribution in [1.82, 2.24) is 15.6 Å². The van der Waals surface area contributed by atoms with Crippen LogP contribution in [0.25, 0.3) is 0 Å². The van der Waals surface area contributed by atoms with Gasteiger partial charge < -0.3 is 20.1 Å². The lowest BCUT2D eigenvalue weighted by atomic mass is 10.1. The quantitative estimate of drug-likeness (QED) is 0.220. The van der Waals surface area contributed by atoms with E-state index in [4.69, 9.17) is 9.47 Å². The summed E-state index contributed by atoms with van der Waals surface area (Å²) in [5.74, 6) is -2.16. The zero-order valence-electron chi connectivity index (χ0n) is 19.8. The van der Waals surface area contributed by atoms with Crippen molar-refractivity contribution in [2.45, 2.75) is 44.8 Å². The minimum Gasteiger partial charge on any atom is -0.464 e. The number of hydrazone groups is 1. The summed E-state index contributed by atoms with van der Waals surface area (Å²) in [6, 6.07) is 6.93. The summed E-state index contributed by atoms with van der Waals surface area (Å²) in [5, 5.41) is 11.1. The normalized spacial score (nSPS) is 16.6. The van der Waals surface area contributed by atoms with Crippen molar-refractivity contribution in [2.75, 3.05) is 31.3 Å². The van der Waals surface area contributed by atoms with Gasteiger partial charge in [0, 0.05) is 24.5 Å². The van der Waals surface area contributed by atoms with E-state index in [1.165, 1.54) is 5.01 Å². The van der Waals surface area contributed by atoms with Crippen LogP contribution in [0, 0.1) is 0 Å². The number of hydrogen-bond acceptors (Lipinski definition) is 10. The van der Waals surface area contributed by atoms with Gasteiger partial charge in [0.25, 0.3) is 5.91 Å². The van der Waals surface area contributed by atoms with E-state index in [9.17, 15) is 19.2 Å². The van der Waals surface area contributed by atoms with Crippen LogP contribution in [0.4, 0.5) is 0 Å². The first kappa shape index (κ1) is 28.5. The number of esters is 2. The third kappa shape index (κ3) is 8.46. The topological polar surface area (TPSA) is 126 Å². The van der Waals surface area contributed by atoms with Gasteiger partial charge in [-0.2, -0.15) is 30.4 Å². The van der Waals surface area contributed by atoms with Gasteiger partial charge >= 0.3 is 11.9 Å². The first-order valence-electron chi connectivity index (χ1n) is 11.4. The first-order chi connectivity index (χ1) is 16.8. The molecule has 3 unspecified atom stereocenters. The molecule has 2 amide bonds. The summed E-state index contributed by atoms with van der Waals surface area (Å²) in [5.41, 5.74) is 1.13. The zero-order valence-corrected chi connectivity index (χ0v) is 21.6. The van der Waals surface area contributed by atoms with Crippen molar-refractivity contribution in [3.63, 3.8) is 0 Å². The molecule has 0 bridgehead atoms. The molecule has 0 saturated carbocycles. The van der Waals surface area contributed by atoms with Gasteiger partial charge in [0.05, 0.1) is 13.2 Å². The van der Waals surface area contributed by atoms with Crippen LogP contribution in [0.5, 0.6) is 0 Å². The highest BCUT2D eigenvalue weighted by molar-refractivity contribution is 7.80. The maximum absolute atomic E-state index is 13.1. The van der Waals surface area contributed by atoms with E-state index in [1.807, 2.05) is 30.3 Å². The third-order valence-corrected chi connectivity index (χ3v) is 5.89. The Morgan fingerprint density at radius 3 is 2.11 bits per heavy atom. The highest BCUT2D eigenvalue weighted by Crippen LogP contribution is 2.18. The molecule has 1 aromatic rings. The van der Waals surface area contributed by atoms with Gasteiger partial charge in [0.2, 0.25) is 5.91 Å². The molecule has 35 heavy (non-hydrogen) atoms. The molecule has 0 aliphatic carbocycles. The Morgan fingerprint density at radius 1 is 1.00 bits per heavy atom. The second kappa shape index (κ2) is 14.6. The van der Waals surface area contributed by atoms with Crippen LogP contribution >= 0.6 is 25.3 Å². The number of carbonyl (C=O) groups is 4. The van der Waals surface area contributed by atoms with Crippen LogP contribution in [0.3, 0.4) is 0 Å². The Kier molecular flexibility index (Phi) is 11.9. The maximum atomic E-state index is 13.1. The molecule has 12 heteroatoms. The van der Waals surface area contributed by atoms with Gasteiger partial charge in [-0.05, 0) is 25.8 Å². The fraction of sp³-hybridized carbons (Fsp3) is 0.522. The SMILES string of the molecule is CCOC(=O)C(CS)NC(=O)C1=NN(CCc2ccccc2)C(C(=O)NC(CS)C(=O)OCC)C1. The highest BCUT2D eigenvalue weighted by Gasteiger charge is 2.37. The van der Waals surface area contributed by atoms with Crippen LogP contribution < -0.4 is 10.6 Å². The van der Waals surface area contributed by atoms with Gasteiger partial charge in [-0.3, -0.25) is 14.6 Å². The summed E-state index contributed by atoms with van der Waals surface area (Å²) < 4.78 is 9.95. The van der Waals surface area contributed by atoms with Crippen LogP contribution in [-0.2, 0) is 35.1 Å². The number of nitrogens with one attached hydrogen (secondary N) is 2. The average Bonchev–Trinajstić information content (AvgIpc) is 3.29. The Hall–Kier alpha value is -2.73. The lowest BCUT2D eigenvalue weighted by Gasteiger charge is -2.24. The maximum Gasteiger partial charge on any atom is 0.329 e. The van der Waals surface area contributed by atoms with E-state index in [2.05, 4.69) is 41.0 Å². The monoisotopic (exact) mass is 524 g/mol. The van der Waals surface area contributed by atoms with Crippen molar-refractivity contribution in [1.29, 1.82) is 0 Å². The second-order valence-electron chi connectivity index (χ2n) is 7.62. The van der Waals surface area contributed by atoms with E-state index in [-0.39, 0.29) is 36.9 Å². The number of thiol groups is 2. The van der Waals surface area contributed by atoms with Gasteiger partial charge in [0.15, 0.2) is 0 Å². The van der Waals surface area contributed by atoms with E-state index in [0.29, 0.717) is 13.0 Å². The molecule has 2 N–H and O–H groups in total. The van der Waals surface area contributed by atoms with Crippen LogP contribution in [0.1, 0.15) is 25.8 Å². The van der Waals surface area contributed by atoms with Crippen molar-refractivity contribution in [3.8, 4) is 0 Å². The zero-order chi connectivity index (χ0) is 25.8. The molecule has 10 nitrogen and oxygen atoms in total. The average molecular weight is 525 g/mol. The summed E-state index contributed by atoms with van der Waals surface area (Å²) in [7, 11) is 0. The molecule has 3 atom stereocenters. The summed E-state index contributed by atoms with van der Waals surface area (Å²) >= 11 is 8.25. The molecule has 0 radical (unpaired) electrons. The summed E-state index contributed by atoms with van der Waals surface area (Å²) in [4.78, 5) is 50.1. The van der Waals surface area contributed by atoms with E-state index in [1.54, 1.807) is 13.8 Å². The Balaban J connectivity index is 2.16. The van der Waals surface area contributed by atoms with Gasteiger partial charge in [0.1, 0.15) is 23.8 Å². The molecule has 1 heterocycles. The molecule has 0 aromatic heterocycles. The molecule has 192 valence electrons. The van der Waals surface area contributed by atoms with Crippen LogP contribution in [0.2, 0.25) is 0 Å². The van der Waals surface area contributed by atoms with E-state index in [0.717, 1.165) is 5.56 Å². The molecule has 0 saturated heterocycles.